The summed E-state index contributed by atoms with van der Waals surface area (Å²) in [4.78, 5) is 12.3. The molecule has 2 rings (SSSR count). The maximum absolute atomic E-state index is 12.3. The van der Waals surface area contributed by atoms with E-state index < -0.39 is 0 Å². The fourth-order valence-electron chi connectivity index (χ4n) is 1.84. The van der Waals surface area contributed by atoms with Crippen LogP contribution in [0.5, 0.6) is 0 Å². The van der Waals surface area contributed by atoms with Crippen molar-refractivity contribution in [3.63, 3.8) is 0 Å². The van der Waals surface area contributed by atoms with Gasteiger partial charge in [0.1, 0.15) is 0 Å². The number of aromatic nitrogens is 2. The molecule has 0 aliphatic carbocycles. The molecule has 1 heterocycles. The maximum atomic E-state index is 12.3. The second-order valence-electron chi connectivity index (χ2n) is 4.19. The second kappa shape index (κ2) is 5.65. The Morgan fingerprint density at radius 2 is 2.11 bits per heavy atom. The van der Waals surface area contributed by atoms with Crippen LogP contribution in [0.1, 0.15) is 21.7 Å². The Morgan fingerprint density at radius 1 is 1.42 bits per heavy atom. The van der Waals surface area contributed by atoms with Gasteiger partial charge < -0.3 is 0 Å². The number of Topliss-reactive ketones (excluding diaryl/α,β-unsaturated/α-hetero) is 1. The first-order valence-corrected chi connectivity index (χ1v) is 7.11. The second-order valence-corrected chi connectivity index (χ2v) is 5.89. The SMILES string of the molecule is Cc1nn(C)c(CC(=O)c2ccc(Br)cc2Cl)c1Cl. The first kappa shape index (κ1) is 14.6. The molecule has 3 nitrogen and oxygen atoms in total. The quantitative estimate of drug-likeness (QED) is 0.767. The van der Waals surface area contributed by atoms with Crippen molar-refractivity contribution in [2.24, 2.45) is 7.05 Å². The standard InChI is InChI=1S/C13H11BrCl2N2O/c1-7-13(16)11(18(2)17-7)6-12(19)9-4-3-8(14)5-10(9)15/h3-5H,6H2,1-2H3. The van der Waals surface area contributed by atoms with Crippen LogP contribution in [-0.4, -0.2) is 15.6 Å². The van der Waals surface area contributed by atoms with Gasteiger partial charge in [0, 0.05) is 17.1 Å². The molecular formula is C13H11BrCl2N2O. The molecule has 0 saturated heterocycles. The van der Waals surface area contributed by atoms with E-state index >= 15 is 0 Å². The number of hydrogen-bond acceptors (Lipinski definition) is 2. The van der Waals surface area contributed by atoms with E-state index in [1.54, 1.807) is 29.9 Å². The van der Waals surface area contributed by atoms with Gasteiger partial charge in [-0.3, -0.25) is 9.48 Å². The van der Waals surface area contributed by atoms with Crippen LogP contribution in [0.4, 0.5) is 0 Å². The van der Waals surface area contributed by atoms with Gasteiger partial charge in [-0.15, -0.1) is 0 Å². The van der Waals surface area contributed by atoms with Crippen LogP contribution in [0, 0.1) is 6.92 Å². The number of halogens is 3. The minimum atomic E-state index is -0.0811. The average molecular weight is 362 g/mol. The van der Waals surface area contributed by atoms with E-state index in [1.807, 2.05) is 6.92 Å². The zero-order valence-corrected chi connectivity index (χ0v) is 13.5. The van der Waals surface area contributed by atoms with E-state index in [9.17, 15) is 4.79 Å². The van der Waals surface area contributed by atoms with Gasteiger partial charge in [0.05, 0.1) is 27.9 Å². The van der Waals surface area contributed by atoms with Gasteiger partial charge >= 0.3 is 0 Å². The van der Waals surface area contributed by atoms with Crippen LogP contribution in [0.2, 0.25) is 10.0 Å². The summed E-state index contributed by atoms with van der Waals surface area (Å²) in [5, 5.41) is 5.14. The molecule has 0 aliphatic heterocycles. The van der Waals surface area contributed by atoms with E-state index in [0.717, 1.165) is 4.47 Å². The lowest BCUT2D eigenvalue weighted by Crippen LogP contribution is -2.08. The number of benzene rings is 1. The summed E-state index contributed by atoms with van der Waals surface area (Å²) < 4.78 is 2.46. The lowest BCUT2D eigenvalue weighted by Gasteiger charge is -2.05. The van der Waals surface area contributed by atoms with Gasteiger partial charge in [-0.1, -0.05) is 39.1 Å². The Morgan fingerprint density at radius 3 is 2.63 bits per heavy atom. The van der Waals surface area contributed by atoms with Crippen LogP contribution < -0.4 is 0 Å². The Balaban J connectivity index is 2.31. The molecule has 0 aliphatic rings. The minimum absolute atomic E-state index is 0.0811. The van der Waals surface area contributed by atoms with Crippen molar-refractivity contribution in [3.05, 3.63) is 49.7 Å². The predicted molar refractivity (Wildman–Crippen MR) is 80.1 cm³/mol. The molecule has 0 amide bonds. The van der Waals surface area contributed by atoms with Gasteiger partial charge in [0.15, 0.2) is 5.78 Å². The van der Waals surface area contributed by atoms with Crippen LogP contribution in [0.25, 0.3) is 0 Å². The monoisotopic (exact) mass is 360 g/mol. The summed E-state index contributed by atoms with van der Waals surface area (Å²) in [6, 6.07) is 5.19. The Hall–Kier alpha value is -0.840. The first-order valence-electron chi connectivity index (χ1n) is 5.56. The fraction of sp³-hybridized carbons (Fsp3) is 0.231. The van der Waals surface area contributed by atoms with Crippen LogP contribution in [0.15, 0.2) is 22.7 Å². The van der Waals surface area contributed by atoms with Crippen molar-refractivity contribution in [1.82, 2.24) is 9.78 Å². The van der Waals surface area contributed by atoms with Crippen molar-refractivity contribution in [1.29, 1.82) is 0 Å². The minimum Gasteiger partial charge on any atom is -0.294 e. The summed E-state index contributed by atoms with van der Waals surface area (Å²) >= 11 is 15.5. The number of nitrogens with zero attached hydrogens (tertiary/aromatic N) is 2. The normalized spacial score (nSPS) is 10.8. The summed E-state index contributed by atoms with van der Waals surface area (Å²) in [5.41, 5.74) is 1.90. The van der Waals surface area contributed by atoms with E-state index in [4.69, 9.17) is 23.2 Å². The van der Waals surface area contributed by atoms with E-state index in [0.29, 0.717) is 27.0 Å². The van der Waals surface area contributed by atoms with Gasteiger partial charge in [-0.05, 0) is 25.1 Å². The Kier molecular flexibility index (Phi) is 4.33. The molecule has 0 fully saturated rings. The zero-order chi connectivity index (χ0) is 14.2. The number of carbonyl (C=O) groups is 1. The number of ketones is 1. The van der Waals surface area contributed by atoms with Gasteiger partial charge in [0.2, 0.25) is 0 Å². The summed E-state index contributed by atoms with van der Waals surface area (Å²) in [6.45, 7) is 1.81. The maximum Gasteiger partial charge on any atom is 0.170 e. The molecule has 2 aromatic rings. The summed E-state index contributed by atoms with van der Waals surface area (Å²) in [6.07, 6.45) is 0.178. The first-order chi connectivity index (χ1) is 8.90. The summed E-state index contributed by atoms with van der Waals surface area (Å²) in [7, 11) is 1.77. The van der Waals surface area contributed by atoms with Crippen molar-refractivity contribution in [3.8, 4) is 0 Å². The average Bonchev–Trinajstić information content (AvgIpc) is 2.56. The van der Waals surface area contributed by atoms with Gasteiger partial charge in [0.25, 0.3) is 0 Å². The van der Waals surface area contributed by atoms with E-state index in [-0.39, 0.29) is 12.2 Å². The molecule has 0 bridgehead atoms. The number of hydrogen-bond donors (Lipinski definition) is 0. The molecule has 1 aromatic heterocycles. The van der Waals surface area contributed by atoms with E-state index in [1.165, 1.54) is 0 Å². The molecule has 0 unspecified atom stereocenters. The predicted octanol–water partition coefficient (Wildman–Crippen LogP) is 4.22. The smallest absolute Gasteiger partial charge is 0.170 e. The van der Waals surface area contributed by atoms with Crippen molar-refractivity contribution >= 4 is 44.9 Å². The summed E-state index contributed by atoms with van der Waals surface area (Å²) in [5.74, 6) is -0.0811. The molecule has 100 valence electrons. The largest absolute Gasteiger partial charge is 0.294 e. The van der Waals surface area contributed by atoms with E-state index in [2.05, 4.69) is 21.0 Å². The molecule has 0 radical (unpaired) electrons. The Bertz CT molecular complexity index is 652. The molecule has 0 N–H and O–H groups in total. The zero-order valence-electron chi connectivity index (χ0n) is 10.4. The fourth-order valence-corrected chi connectivity index (χ4v) is 2.84. The number of rotatable bonds is 3. The molecule has 0 atom stereocenters. The third-order valence-electron chi connectivity index (χ3n) is 2.82. The molecule has 0 saturated carbocycles. The molecule has 19 heavy (non-hydrogen) atoms. The third kappa shape index (κ3) is 3.02. The highest BCUT2D eigenvalue weighted by molar-refractivity contribution is 9.10. The van der Waals surface area contributed by atoms with Crippen molar-refractivity contribution in [2.75, 3.05) is 0 Å². The number of carbonyl (C=O) groups excluding carboxylic acids is 1. The van der Waals surface area contributed by atoms with Crippen molar-refractivity contribution in [2.45, 2.75) is 13.3 Å². The highest BCUT2D eigenvalue weighted by atomic mass is 79.9. The lowest BCUT2D eigenvalue weighted by atomic mass is 10.1. The topological polar surface area (TPSA) is 34.9 Å². The molecule has 6 heteroatoms. The molecular weight excluding hydrogens is 351 g/mol. The van der Waals surface area contributed by atoms with Crippen molar-refractivity contribution < 1.29 is 4.79 Å². The highest BCUT2D eigenvalue weighted by Gasteiger charge is 2.17. The molecule has 0 spiro atoms. The number of aryl methyl sites for hydroxylation is 2. The van der Waals surface area contributed by atoms with Crippen LogP contribution >= 0.6 is 39.1 Å². The van der Waals surface area contributed by atoms with Crippen LogP contribution in [-0.2, 0) is 13.5 Å². The lowest BCUT2D eigenvalue weighted by molar-refractivity contribution is 0.0991. The molecule has 1 aromatic carbocycles. The van der Waals surface area contributed by atoms with Gasteiger partial charge in [-0.2, -0.15) is 5.10 Å². The Labute approximate surface area is 129 Å². The highest BCUT2D eigenvalue weighted by Crippen LogP contribution is 2.25. The van der Waals surface area contributed by atoms with Crippen LogP contribution in [0.3, 0.4) is 0 Å². The third-order valence-corrected chi connectivity index (χ3v) is 4.12. The van der Waals surface area contributed by atoms with Gasteiger partial charge in [-0.25, -0.2) is 0 Å².